The second kappa shape index (κ2) is 13.3. The molecule has 0 bridgehead atoms. The van der Waals surface area contributed by atoms with E-state index in [0.29, 0.717) is 5.78 Å². The number of hydrogen-bond donors (Lipinski definition) is 0. The molecule has 0 spiro atoms. The number of unbranched alkanes of at least 4 members (excludes halogenated alkanes) is 8. The van der Waals surface area contributed by atoms with Crippen LogP contribution in [0.15, 0.2) is 0 Å². The van der Waals surface area contributed by atoms with Crippen molar-refractivity contribution in [1.82, 2.24) is 0 Å². The van der Waals surface area contributed by atoms with Gasteiger partial charge >= 0.3 is 0 Å². The van der Waals surface area contributed by atoms with Crippen molar-refractivity contribution < 1.29 is 4.79 Å². The molecule has 0 heterocycles. The monoisotopic (exact) mass is 236 g/mol. The van der Waals surface area contributed by atoms with Crippen LogP contribution in [0.5, 0.6) is 0 Å². The van der Waals surface area contributed by atoms with E-state index in [-0.39, 0.29) is 0 Å². The van der Waals surface area contributed by atoms with Crippen LogP contribution < -0.4 is 0 Å². The van der Waals surface area contributed by atoms with Gasteiger partial charge < -0.3 is 0 Å². The van der Waals surface area contributed by atoms with Gasteiger partial charge in [-0.1, -0.05) is 45.4 Å². The van der Waals surface area contributed by atoms with Crippen molar-refractivity contribution in [3.05, 3.63) is 0 Å². The van der Waals surface area contributed by atoms with Crippen molar-refractivity contribution in [2.75, 3.05) is 0 Å². The SMILES string of the molecule is C#CCCCCC(=O)CCCCCCCCC. The number of terminal acetylenes is 1. The third-order valence-electron chi connectivity index (χ3n) is 3.09. The lowest BCUT2D eigenvalue weighted by molar-refractivity contribution is -0.119. The molecular formula is C16H28O. The van der Waals surface area contributed by atoms with Gasteiger partial charge in [0.25, 0.3) is 0 Å². The van der Waals surface area contributed by atoms with Crippen LogP contribution in [0, 0.1) is 12.3 Å². The topological polar surface area (TPSA) is 17.1 Å². The van der Waals surface area contributed by atoms with Crippen molar-refractivity contribution in [2.24, 2.45) is 0 Å². The minimum Gasteiger partial charge on any atom is -0.300 e. The molecule has 0 aromatic rings. The fraction of sp³-hybridized carbons (Fsp3) is 0.812. The van der Waals surface area contributed by atoms with Gasteiger partial charge in [0, 0.05) is 19.3 Å². The summed E-state index contributed by atoms with van der Waals surface area (Å²) >= 11 is 0. The fourth-order valence-electron chi connectivity index (χ4n) is 1.95. The number of carbonyl (C=O) groups excluding carboxylic acids is 1. The van der Waals surface area contributed by atoms with Crippen LogP contribution in [0.25, 0.3) is 0 Å². The Kier molecular flexibility index (Phi) is 12.7. The highest BCUT2D eigenvalue weighted by atomic mass is 16.1. The largest absolute Gasteiger partial charge is 0.300 e. The molecule has 0 aliphatic heterocycles. The Morgan fingerprint density at radius 1 is 0.882 bits per heavy atom. The Balaban J connectivity index is 3.14. The molecule has 0 saturated heterocycles. The second-order valence-electron chi connectivity index (χ2n) is 4.82. The van der Waals surface area contributed by atoms with Crippen LogP contribution in [0.3, 0.4) is 0 Å². The zero-order valence-electron chi connectivity index (χ0n) is 11.5. The average Bonchev–Trinajstić information content (AvgIpc) is 2.33. The van der Waals surface area contributed by atoms with Gasteiger partial charge in [-0.05, 0) is 19.3 Å². The van der Waals surface area contributed by atoms with Crippen molar-refractivity contribution in [3.8, 4) is 12.3 Å². The molecule has 98 valence electrons. The Morgan fingerprint density at radius 2 is 1.41 bits per heavy atom. The molecule has 0 N–H and O–H groups in total. The summed E-state index contributed by atoms with van der Waals surface area (Å²) in [4.78, 5) is 11.5. The summed E-state index contributed by atoms with van der Waals surface area (Å²) in [5.74, 6) is 3.03. The molecule has 0 aromatic heterocycles. The highest BCUT2D eigenvalue weighted by Crippen LogP contribution is 2.10. The standard InChI is InChI=1S/C16H28O/c1-3-5-7-9-10-11-13-15-16(17)14-12-8-6-4-2/h2H,3,5-15H2,1H3. The van der Waals surface area contributed by atoms with E-state index in [2.05, 4.69) is 12.8 Å². The van der Waals surface area contributed by atoms with E-state index in [1.165, 1.54) is 38.5 Å². The first-order valence-electron chi connectivity index (χ1n) is 7.26. The minimum atomic E-state index is 0.426. The fourth-order valence-corrected chi connectivity index (χ4v) is 1.95. The molecule has 1 heteroatoms. The first-order valence-corrected chi connectivity index (χ1v) is 7.26. The van der Waals surface area contributed by atoms with E-state index in [1.807, 2.05) is 0 Å². The Bertz CT molecular complexity index is 212. The van der Waals surface area contributed by atoms with Gasteiger partial charge in [-0.3, -0.25) is 4.79 Å². The predicted octanol–water partition coefficient (Wildman–Crippen LogP) is 4.89. The minimum absolute atomic E-state index is 0.426. The van der Waals surface area contributed by atoms with Crippen molar-refractivity contribution in [3.63, 3.8) is 0 Å². The van der Waals surface area contributed by atoms with Gasteiger partial charge in [0.15, 0.2) is 0 Å². The maximum absolute atomic E-state index is 11.5. The molecule has 0 fully saturated rings. The molecule has 1 nitrogen and oxygen atoms in total. The maximum Gasteiger partial charge on any atom is 0.132 e. The Labute approximate surface area is 107 Å². The number of carbonyl (C=O) groups is 1. The van der Waals surface area contributed by atoms with Gasteiger partial charge in [-0.25, -0.2) is 0 Å². The lowest BCUT2D eigenvalue weighted by atomic mass is 10.0. The molecule has 0 unspecified atom stereocenters. The zero-order valence-corrected chi connectivity index (χ0v) is 11.5. The van der Waals surface area contributed by atoms with Crippen LogP contribution in [0.4, 0.5) is 0 Å². The molecule has 0 saturated carbocycles. The quantitative estimate of drug-likeness (QED) is 0.348. The van der Waals surface area contributed by atoms with E-state index < -0.39 is 0 Å². The van der Waals surface area contributed by atoms with Crippen LogP contribution in [0.2, 0.25) is 0 Å². The first kappa shape index (κ1) is 16.2. The van der Waals surface area contributed by atoms with Crippen LogP contribution >= 0.6 is 0 Å². The molecule has 0 amide bonds. The van der Waals surface area contributed by atoms with E-state index in [1.54, 1.807) is 0 Å². The molecule has 0 atom stereocenters. The van der Waals surface area contributed by atoms with Gasteiger partial charge in [-0.2, -0.15) is 0 Å². The predicted molar refractivity (Wildman–Crippen MR) is 74.9 cm³/mol. The van der Waals surface area contributed by atoms with Gasteiger partial charge in [0.05, 0.1) is 0 Å². The summed E-state index contributed by atoms with van der Waals surface area (Å²) < 4.78 is 0. The number of ketones is 1. The molecular weight excluding hydrogens is 208 g/mol. The van der Waals surface area contributed by atoms with Crippen LogP contribution in [0.1, 0.15) is 84.0 Å². The molecule has 0 radical (unpaired) electrons. The van der Waals surface area contributed by atoms with Crippen molar-refractivity contribution in [1.29, 1.82) is 0 Å². The van der Waals surface area contributed by atoms with Crippen molar-refractivity contribution in [2.45, 2.75) is 84.0 Å². The summed E-state index contributed by atoms with van der Waals surface area (Å²) in [6.07, 6.45) is 18.4. The van der Waals surface area contributed by atoms with E-state index in [0.717, 1.165) is 38.5 Å². The maximum atomic E-state index is 11.5. The van der Waals surface area contributed by atoms with E-state index >= 15 is 0 Å². The Morgan fingerprint density at radius 3 is 2.00 bits per heavy atom. The molecule has 0 aliphatic carbocycles. The van der Waals surface area contributed by atoms with Gasteiger partial charge in [0.1, 0.15) is 5.78 Å². The van der Waals surface area contributed by atoms with Gasteiger partial charge in [-0.15, -0.1) is 12.3 Å². The van der Waals surface area contributed by atoms with E-state index in [4.69, 9.17) is 6.42 Å². The zero-order chi connectivity index (χ0) is 12.8. The van der Waals surface area contributed by atoms with Crippen LogP contribution in [-0.4, -0.2) is 5.78 Å². The van der Waals surface area contributed by atoms with Crippen molar-refractivity contribution >= 4 is 5.78 Å². The highest BCUT2D eigenvalue weighted by molar-refractivity contribution is 5.78. The number of hydrogen-bond acceptors (Lipinski definition) is 1. The molecule has 0 aliphatic rings. The summed E-state index contributed by atoms with van der Waals surface area (Å²) in [7, 11) is 0. The smallest absolute Gasteiger partial charge is 0.132 e. The number of rotatable bonds is 12. The Hall–Kier alpha value is -0.770. The number of Topliss-reactive ketones (excluding diaryl/α,β-unsaturated/α-hetero) is 1. The van der Waals surface area contributed by atoms with Crippen LogP contribution in [-0.2, 0) is 4.79 Å². The summed E-state index contributed by atoms with van der Waals surface area (Å²) in [6.45, 7) is 2.23. The lowest BCUT2D eigenvalue weighted by Gasteiger charge is -2.01. The molecule has 17 heavy (non-hydrogen) atoms. The highest BCUT2D eigenvalue weighted by Gasteiger charge is 2.01. The second-order valence-corrected chi connectivity index (χ2v) is 4.82. The molecule has 0 aromatic carbocycles. The third-order valence-corrected chi connectivity index (χ3v) is 3.09. The first-order chi connectivity index (χ1) is 8.31. The average molecular weight is 236 g/mol. The summed E-state index contributed by atoms with van der Waals surface area (Å²) in [6, 6.07) is 0. The lowest BCUT2D eigenvalue weighted by Crippen LogP contribution is -1.97. The third kappa shape index (κ3) is 13.2. The molecule has 0 rings (SSSR count). The van der Waals surface area contributed by atoms with E-state index in [9.17, 15) is 4.79 Å². The summed E-state index contributed by atoms with van der Waals surface area (Å²) in [5.41, 5.74) is 0. The normalized spacial score (nSPS) is 10.1. The van der Waals surface area contributed by atoms with Gasteiger partial charge in [0.2, 0.25) is 0 Å². The summed E-state index contributed by atoms with van der Waals surface area (Å²) in [5, 5.41) is 0.